The van der Waals surface area contributed by atoms with E-state index in [9.17, 15) is 13.9 Å². The van der Waals surface area contributed by atoms with Crippen LogP contribution in [-0.4, -0.2) is 11.2 Å². The van der Waals surface area contributed by atoms with Gasteiger partial charge in [0.25, 0.3) is 0 Å². The van der Waals surface area contributed by atoms with Gasteiger partial charge in [-0.3, -0.25) is 0 Å². The summed E-state index contributed by atoms with van der Waals surface area (Å²) in [5.41, 5.74) is 5.68. The molecule has 0 radical (unpaired) electrons. The third-order valence-corrected chi connectivity index (χ3v) is 2.49. The highest BCUT2D eigenvalue weighted by Gasteiger charge is 2.23. The van der Waals surface area contributed by atoms with E-state index in [1.54, 1.807) is 6.92 Å². The van der Waals surface area contributed by atoms with Gasteiger partial charge in [-0.1, -0.05) is 13.0 Å². The van der Waals surface area contributed by atoms with Crippen molar-refractivity contribution in [2.45, 2.75) is 32.4 Å². The van der Waals surface area contributed by atoms with Crippen molar-refractivity contribution in [3.8, 4) is 0 Å². The molecule has 3 N–H and O–H groups in total. The minimum Gasteiger partial charge on any atom is -0.391 e. The number of hydrogen-bond donors (Lipinski definition) is 2. The molecule has 2 nitrogen and oxygen atoms in total. The first-order valence-electron chi connectivity index (χ1n) is 4.87. The SMILES string of the molecule is CC[C@@H](O)[C@@H](N)c1c(F)ccc(C)c1F. The third-order valence-electron chi connectivity index (χ3n) is 2.49. The van der Waals surface area contributed by atoms with E-state index < -0.39 is 23.8 Å². The van der Waals surface area contributed by atoms with Gasteiger partial charge in [-0.25, -0.2) is 8.78 Å². The molecule has 2 atom stereocenters. The topological polar surface area (TPSA) is 46.2 Å². The summed E-state index contributed by atoms with van der Waals surface area (Å²) in [5, 5.41) is 9.46. The first kappa shape index (κ1) is 12.1. The quantitative estimate of drug-likeness (QED) is 0.810. The fourth-order valence-electron chi connectivity index (χ4n) is 1.43. The molecule has 0 aliphatic rings. The molecule has 0 heterocycles. The fraction of sp³-hybridized carbons (Fsp3) is 0.455. The van der Waals surface area contributed by atoms with Gasteiger partial charge in [0, 0.05) is 5.56 Å². The van der Waals surface area contributed by atoms with E-state index in [2.05, 4.69) is 0 Å². The molecular weight excluding hydrogens is 200 g/mol. The summed E-state index contributed by atoms with van der Waals surface area (Å²) in [6.45, 7) is 3.24. The van der Waals surface area contributed by atoms with Crippen molar-refractivity contribution in [2.24, 2.45) is 5.73 Å². The third kappa shape index (κ3) is 2.33. The molecule has 0 aliphatic carbocycles. The van der Waals surface area contributed by atoms with Gasteiger partial charge in [0.2, 0.25) is 0 Å². The number of hydrogen-bond acceptors (Lipinski definition) is 2. The highest BCUT2D eigenvalue weighted by atomic mass is 19.1. The number of aliphatic hydroxyl groups is 1. The number of nitrogens with two attached hydrogens (primary N) is 1. The normalized spacial score (nSPS) is 15.1. The molecule has 15 heavy (non-hydrogen) atoms. The molecule has 84 valence electrons. The maximum absolute atomic E-state index is 13.6. The van der Waals surface area contributed by atoms with Crippen molar-refractivity contribution < 1.29 is 13.9 Å². The second-order valence-corrected chi connectivity index (χ2v) is 3.59. The van der Waals surface area contributed by atoms with Crippen LogP contribution < -0.4 is 5.73 Å². The Kier molecular flexibility index (Phi) is 3.77. The van der Waals surface area contributed by atoms with Crippen LogP contribution in [0.2, 0.25) is 0 Å². The first-order valence-corrected chi connectivity index (χ1v) is 4.87. The van der Waals surface area contributed by atoms with Crippen molar-refractivity contribution in [3.63, 3.8) is 0 Å². The maximum Gasteiger partial charge on any atom is 0.133 e. The van der Waals surface area contributed by atoms with E-state index in [0.717, 1.165) is 6.07 Å². The molecule has 0 fully saturated rings. The lowest BCUT2D eigenvalue weighted by Gasteiger charge is -2.19. The second kappa shape index (κ2) is 4.68. The smallest absolute Gasteiger partial charge is 0.133 e. The predicted octanol–water partition coefficient (Wildman–Crippen LogP) is 2.04. The summed E-state index contributed by atoms with van der Waals surface area (Å²) < 4.78 is 26.9. The zero-order chi connectivity index (χ0) is 11.6. The zero-order valence-corrected chi connectivity index (χ0v) is 8.80. The summed E-state index contributed by atoms with van der Waals surface area (Å²) in [5.74, 6) is -1.38. The standard InChI is InChI=1S/C11H15F2NO/c1-3-8(15)11(14)9-7(12)5-4-6(2)10(9)13/h4-5,8,11,15H,3,14H2,1-2H3/t8-,11-/m1/s1. The van der Waals surface area contributed by atoms with Crippen LogP contribution in [-0.2, 0) is 0 Å². The van der Waals surface area contributed by atoms with Crippen molar-refractivity contribution >= 4 is 0 Å². The van der Waals surface area contributed by atoms with Gasteiger partial charge >= 0.3 is 0 Å². The van der Waals surface area contributed by atoms with Crippen molar-refractivity contribution in [3.05, 3.63) is 34.9 Å². The molecule has 0 aromatic heterocycles. The lowest BCUT2D eigenvalue weighted by atomic mass is 9.97. The van der Waals surface area contributed by atoms with E-state index in [4.69, 9.17) is 5.73 Å². The van der Waals surface area contributed by atoms with Crippen LogP contribution in [0.15, 0.2) is 12.1 Å². The molecule has 0 unspecified atom stereocenters. The van der Waals surface area contributed by atoms with E-state index in [1.165, 1.54) is 13.0 Å². The summed E-state index contributed by atoms with van der Waals surface area (Å²) in [6, 6.07) is 1.49. The maximum atomic E-state index is 13.6. The largest absolute Gasteiger partial charge is 0.391 e. The van der Waals surface area contributed by atoms with Crippen LogP contribution in [0.3, 0.4) is 0 Å². The molecule has 0 amide bonds. The molecule has 0 saturated heterocycles. The summed E-state index contributed by atoms with van der Waals surface area (Å²) >= 11 is 0. The lowest BCUT2D eigenvalue weighted by molar-refractivity contribution is 0.137. The molecule has 4 heteroatoms. The Balaban J connectivity index is 3.18. The molecule has 0 aliphatic heterocycles. The van der Waals surface area contributed by atoms with E-state index >= 15 is 0 Å². The number of aliphatic hydroxyl groups excluding tert-OH is 1. The summed E-state index contributed by atoms with van der Waals surface area (Å²) in [7, 11) is 0. The number of aryl methyl sites for hydroxylation is 1. The molecule has 0 saturated carbocycles. The average Bonchev–Trinajstić information content (AvgIpc) is 2.22. The average molecular weight is 215 g/mol. The monoisotopic (exact) mass is 215 g/mol. The molecule has 0 spiro atoms. The lowest BCUT2D eigenvalue weighted by Crippen LogP contribution is -2.27. The van der Waals surface area contributed by atoms with Gasteiger partial charge in [0.05, 0.1) is 12.1 Å². The van der Waals surface area contributed by atoms with E-state index in [0.29, 0.717) is 12.0 Å². The highest BCUT2D eigenvalue weighted by Crippen LogP contribution is 2.24. The van der Waals surface area contributed by atoms with Crippen molar-refractivity contribution in [2.75, 3.05) is 0 Å². The minimum absolute atomic E-state index is 0.232. The Labute approximate surface area is 87.7 Å². The van der Waals surface area contributed by atoms with Crippen LogP contribution in [0.25, 0.3) is 0 Å². The molecule has 0 bridgehead atoms. The van der Waals surface area contributed by atoms with Gasteiger partial charge in [-0.05, 0) is 25.0 Å². The zero-order valence-electron chi connectivity index (χ0n) is 8.80. The summed E-state index contributed by atoms with van der Waals surface area (Å²) in [6.07, 6.45) is -0.579. The van der Waals surface area contributed by atoms with Crippen LogP contribution >= 0.6 is 0 Å². The van der Waals surface area contributed by atoms with Gasteiger partial charge in [-0.15, -0.1) is 0 Å². The van der Waals surface area contributed by atoms with Gasteiger partial charge < -0.3 is 10.8 Å². The Hall–Kier alpha value is -1.00. The predicted molar refractivity (Wildman–Crippen MR) is 54.3 cm³/mol. The van der Waals surface area contributed by atoms with Gasteiger partial charge in [-0.2, -0.15) is 0 Å². The summed E-state index contributed by atoms with van der Waals surface area (Å²) in [4.78, 5) is 0. The minimum atomic E-state index is -1.02. The molecule has 1 rings (SSSR count). The number of benzene rings is 1. The Bertz CT molecular complexity index is 355. The molecule has 1 aromatic rings. The number of halogens is 2. The van der Waals surface area contributed by atoms with Gasteiger partial charge in [0.1, 0.15) is 11.6 Å². The van der Waals surface area contributed by atoms with Crippen LogP contribution in [0.5, 0.6) is 0 Å². The van der Waals surface area contributed by atoms with E-state index in [1.807, 2.05) is 0 Å². The van der Waals surface area contributed by atoms with Crippen LogP contribution in [0, 0.1) is 18.6 Å². The molecule has 1 aromatic carbocycles. The number of rotatable bonds is 3. The molecular formula is C11H15F2NO. The Morgan fingerprint density at radius 3 is 2.53 bits per heavy atom. The van der Waals surface area contributed by atoms with Crippen molar-refractivity contribution in [1.29, 1.82) is 0 Å². The van der Waals surface area contributed by atoms with Crippen molar-refractivity contribution in [1.82, 2.24) is 0 Å². The fourth-order valence-corrected chi connectivity index (χ4v) is 1.43. The Morgan fingerprint density at radius 1 is 1.40 bits per heavy atom. The van der Waals surface area contributed by atoms with E-state index in [-0.39, 0.29) is 5.56 Å². The second-order valence-electron chi connectivity index (χ2n) is 3.59. The Morgan fingerprint density at radius 2 is 2.00 bits per heavy atom. The van der Waals surface area contributed by atoms with Gasteiger partial charge in [0.15, 0.2) is 0 Å². The van der Waals surface area contributed by atoms with Crippen LogP contribution in [0.4, 0.5) is 8.78 Å². The van der Waals surface area contributed by atoms with Crippen LogP contribution in [0.1, 0.15) is 30.5 Å². The highest BCUT2D eigenvalue weighted by molar-refractivity contribution is 5.29. The first-order chi connectivity index (χ1) is 6.99.